The van der Waals surface area contributed by atoms with Crippen molar-refractivity contribution in [3.63, 3.8) is 0 Å². The minimum Gasteiger partial charge on any atom is -0.308 e. The molecule has 0 unspecified atom stereocenters. The first-order chi connectivity index (χ1) is 7.50. The number of rotatable bonds is 5. The normalized spacial score (nSPS) is 10.1. The molecule has 0 atom stereocenters. The van der Waals surface area contributed by atoms with Gasteiger partial charge in [0.1, 0.15) is 0 Å². The van der Waals surface area contributed by atoms with Crippen LogP contribution in [0.1, 0.15) is 5.56 Å². The lowest BCUT2D eigenvalue weighted by Gasteiger charge is -2.04. The van der Waals surface area contributed by atoms with Gasteiger partial charge in [0.2, 0.25) is 0 Å². The maximum Gasteiger partial charge on any atom is 0.283 e. The highest BCUT2D eigenvalue weighted by Gasteiger charge is 2.11. The van der Waals surface area contributed by atoms with Crippen LogP contribution in [-0.4, -0.2) is 11.5 Å². The molecule has 0 aromatic heterocycles. The van der Waals surface area contributed by atoms with Gasteiger partial charge < -0.3 is 5.32 Å². The fraction of sp³-hybridized carbons (Fsp3) is 0.200. The Hall–Kier alpha value is -0.910. The van der Waals surface area contributed by atoms with Gasteiger partial charge in [-0.25, -0.2) is 0 Å². The van der Waals surface area contributed by atoms with Gasteiger partial charge in [-0.1, -0.05) is 24.2 Å². The van der Waals surface area contributed by atoms with Crippen molar-refractivity contribution in [1.29, 1.82) is 0 Å². The molecule has 0 aliphatic rings. The van der Waals surface area contributed by atoms with Gasteiger partial charge in [0.25, 0.3) is 5.69 Å². The van der Waals surface area contributed by atoms with E-state index in [1.54, 1.807) is 12.1 Å². The first-order valence-electron chi connectivity index (χ1n) is 4.47. The lowest BCUT2D eigenvalue weighted by molar-refractivity contribution is -0.385. The van der Waals surface area contributed by atoms with Crippen LogP contribution in [0.5, 0.6) is 0 Å². The molecule has 0 saturated heterocycles. The van der Waals surface area contributed by atoms with E-state index >= 15 is 0 Å². The van der Waals surface area contributed by atoms with Crippen molar-refractivity contribution in [3.05, 3.63) is 50.0 Å². The predicted molar refractivity (Wildman–Crippen MR) is 67.5 cm³/mol. The van der Waals surface area contributed by atoms with Crippen LogP contribution in [0.4, 0.5) is 5.69 Å². The number of nitro groups is 1. The second-order valence-corrected chi connectivity index (χ2v) is 4.55. The lowest BCUT2D eigenvalue weighted by atomic mass is 10.2. The Bertz CT molecular complexity index is 423. The highest BCUT2D eigenvalue weighted by molar-refractivity contribution is 9.10. The smallest absolute Gasteiger partial charge is 0.283 e. The highest BCUT2D eigenvalue weighted by Crippen LogP contribution is 2.25. The number of benzene rings is 1. The van der Waals surface area contributed by atoms with Crippen LogP contribution >= 0.6 is 27.5 Å². The zero-order valence-corrected chi connectivity index (χ0v) is 10.7. The minimum atomic E-state index is -0.423. The van der Waals surface area contributed by atoms with Gasteiger partial charge in [-0.15, -0.1) is 0 Å². The average molecular weight is 306 g/mol. The molecule has 1 aromatic rings. The summed E-state index contributed by atoms with van der Waals surface area (Å²) in [5, 5.41) is 14.2. The summed E-state index contributed by atoms with van der Waals surface area (Å²) < 4.78 is 0.475. The van der Waals surface area contributed by atoms with E-state index in [2.05, 4.69) is 27.8 Å². The van der Waals surface area contributed by atoms with E-state index in [0.29, 0.717) is 22.6 Å². The molecule has 6 heteroatoms. The van der Waals surface area contributed by atoms with Crippen molar-refractivity contribution in [3.8, 4) is 0 Å². The average Bonchev–Trinajstić information content (AvgIpc) is 2.19. The number of nitrogens with one attached hydrogen (secondary N) is 1. The monoisotopic (exact) mass is 304 g/mol. The van der Waals surface area contributed by atoms with Crippen molar-refractivity contribution in [1.82, 2.24) is 5.32 Å². The third-order valence-electron chi connectivity index (χ3n) is 1.85. The summed E-state index contributed by atoms with van der Waals surface area (Å²) in [7, 11) is 0. The molecule has 0 bridgehead atoms. The Labute approximate surface area is 107 Å². The van der Waals surface area contributed by atoms with Gasteiger partial charge in [-0.05, 0) is 27.6 Å². The molecule has 16 heavy (non-hydrogen) atoms. The van der Waals surface area contributed by atoms with E-state index in [0.717, 1.165) is 5.56 Å². The molecule has 0 heterocycles. The third kappa shape index (κ3) is 3.92. The van der Waals surface area contributed by atoms with E-state index in [1.807, 2.05) is 0 Å². The van der Waals surface area contributed by atoms with Crippen LogP contribution in [0.2, 0.25) is 0 Å². The second kappa shape index (κ2) is 5.98. The second-order valence-electron chi connectivity index (χ2n) is 3.16. The standard InChI is InChI=1S/C10H10BrClN2O2/c1-7(12)5-13-6-8-2-3-9(11)10(4-8)14(15)16/h2-4,13H,1,5-6H2. The van der Waals surface area contributed by atoms with Gasteiger partial charge in [0, 0.05) is 24.2 Å². The van der Waals surface area contributed by atoms with Gasteiger partial charge in [-0.2, -0.15) is 0 Å². The molecule has 0 amide bonds. The summed E-state index contributed by atoms with van der Waals surface area (Å²) in [6.07, 6.45) is 0. The highest BCUT2D eigenvalue weighted by atomic mass is 79.9. The maximum absolute atomic E-state index is 10.7. The molecule has 0 fully saturated rings. The zero-order chi connectivity index (χ0) is 12.1. The topological polar surface area (TPSA) is 55.2 Å². The minimum absolute atomic E-state index is 0.0593. The maximum atomic E-state index is 10.7. The molecule has 0 saturated carbocycles. The summed E-state index contributed by atoms with van der Waals surface area (Å²) >= 11 is 8.70. The van der Waals surface area contributed by atoms with Crippen LogP contribution in [0.25, 0.3) is 0 Å². The zero-order valence-electron chi connectivity index (χ0n) is 8.37. The van der Waals surface area contributed by atoms with Crippen molar-refractivity contribution < 1.29 is 4.92 Å². The fourth-order valence-electron chi connectivity index (χ4n) is 1.15. The number of halogens is 2. The molecule has 86 valence electrons. The van der Waals surface area contributed by atoms with E-state index in [1.165, 1.54) is 6.07 Å². The summed E-state index contributed by atoms with van der Waals surface area (Å²) in [6.45, 7) is 4.52. The van der Waals surface area contributed by atoms with Gasteiger partial charge in [0.05, 0.1) is 9.40 Å². The van der Waals surface area contributed by atoms with Crippen molar-refractivity contribution in [2.75, 3.05) is 6.54 Å². The van der Waals surface area contributed by atoms with E-state index in [-0.39, 0.29) is 5.69 Å². The first-order valence-corrected chi connectivity index (χ1v) is 5.64. The molecule has 1 rings (SSSR count). The molecular weight excluding hydrogens is 295 g/mol. The Kier molecular flexibility index (Phi) is 4.92. The molecule has 1 N–H and O–H groups in total. The van der Waals surface area contributed by atoms with Crippen LogP contribution in [0.15, 0.2) is 34.3 Å². The summed E-state index contributed by atoms with van der Waals surface area (Å²) in [5.74, 6) is 0. The van der Waals surface area contributed by atoms with Crippen LogP contribution in [0, 0.1) is 10.1 Å². The molecule has 0 aliphatic carbocycles. The quantitative estimate of drug-likeness (QED) is 0.671. The Balaban J connectivity index is 2.71. The Morgan fingerprint density at radius 2 is 2.31 bits per heavy atom. The van der Waals surface area contributed by atoms with Crippen LogP contribution < -0.4 is 5.32 Å². The summed E-state index contributed by atoms with van der Waals surface area (Å²) in [6, 6.07) is 4.99. The first kappa shape index (κ1) is 13.2. The molecule has 1 aromatic carbocycles. The third-order valence-corrected chi connectivity index (χ3v) is 2.66. The number of nitro benzene ring substituents is 1. The van der Waals surface area contributed by atoms with Crippen LogP contribution in [-0.2, 0) is 6.54 Å². The van der Waals surface area contributed by atoms with Gasteiger partial charge >= 0.3 is 0 Å². The number of hydrogen-bond donors (Lipinski definition) is 1. The van der Waals surface area contributed by atoms with E-state index in [4.69, 9.17) is 11.6 Å². The summed E-state index contributed by atoms with van der Waals surface area (Å²) in [5.41, 5.74) is 0.886. The van der Waals surface area contributed by atoms with Gasteiger partial charge in [-0.3, -0.25) is 10.1 Å². The van der Waals surface area contributed by atoms with Crippen molar-refractivity contribution in [2.24, 2.45) is 0 Å². The number of hydrogen-bond acceptors (Lipinski definition) is 3. The van der Waals surface area contributed by atoms with Crippen molar-refractivity contribution >= 4 is 33.2 Å². The van der Waals surface area contributed by atoms with E-state index in [9.17, 15) is 10.1 Å². The predicted octanol–water partition coefficient (Wildman–Crippen LogP) is 3.20. The summed E-state index contributed by atoms with van der Waals surface area (Å²) in [4.78, 5) is 10.3. The largest absolute Gasteiger partial charge is 0.308 e. The molecular formula is C10H10BrClN2O2. The molecule has 0 aliphatic heterocycles. The Morgan fingerprint density at radius 3 is 2.88 bits per heavy atom. The van der Waals surface area contributed by atoms with Crippen LogP contribution in [0.3, 0.4) is 0 Å². The number of nitrogens with zero attached hydrogens (tertiary/aromatic N) is 1. The van der Waals surface area contributed by atoms with Gasteiger partial charge in [0.15, 0.2) is 0 Å². The molecule has 4 nitrogen and oxygen atoms in total. The Morgan fingerprint density at radius 1 is 1.62 bits per heavy atom. The molecule has 0 radical (unpaired) electrons. The SMILES string of the molecule is C=C(Cl)CNCc1ccc(Br)c([N+](=O)[O-])c1. The van der Waals surface area contributed by atoms with Crippen molar-refractivity contribution in [2.45, 2.75) is 6.54 Å². The fourth-order valence-corrected chi connectivity index (χ4v) is 1.64. The lowest BCUT2D eigenvalue weighted by Crippen LogP contribution is -2.14. The molecule has 0 spiro atoms. The van der Waals surface area contributed by atoms with E-state index < -0.39 is 4.92 Å².